The quantitative estimate of drug-likeness (QED) is 0.550. The molecule has 122 valence electrons. The minimum absolute atomic E-state index is 0.0378. The molecule has 0 radical (unpaired) electrons. The number of benzene rings is 1. The number of nitrogens with zero attached hydrogens (tertiary/aromatic N) is 2. The number of furan rings is 1. The predicted octanol–water partition coefficient (Wildman–Crippen LogP) is 2.82. The Kier molecular flexibility index (Phi) is 4.37. The Morgan fingerprint density at radius 3 is 2.67 bits per heavy atom. The van der Waals surface area contributed by atoms with E-state index in [1.807, 2.05) is 0 Å². The number of amides is 1. The molecule has 2 aromatic heterocycles. The van der Waals surface area contributed by atoms with Gasteiger partial charge in [0.1, 0.15) is 0 Å². The topological polar surface area (TPSA) is 111 Å². The molecule has 8 heteroatoms. The second-order valence-corrected chi connectivity index (χ2v) is 4.98. The summed E-state index contributed by atoms with van der Waals surface area (Å²) in [5.74, 6) is 0.506. The van der Waals surface area contributed by atoms with E-state index in [4.69, 9.17) is 8.94 Å². The van der Waals surface area contributed by atoms with Crippen LogP contribution in [-0.4, -0.2) is 22.5 Å². The van der Waals surface area contributed by atoms with Crippen molar-refractivity contribution in [2.45, 2.75) is 6.42 Å². The van der Waals surface area contributed by atoms with E-state index in [1.165, 1.54) is 24.5 Å². The standard InChI is InChI=1S/C16H13N3O5/c20-16(13-10-15(24-18-13)14-2-1-9-23-14)17-8-7-11-3-5-12(6-4-11)19(21)22/h1-6,9-10H,7-8H2,(H,17,20). The molecule has 0 aliphatic carbocycles. The number of nitrogens with one attached hydrogen (secondary N) is 1. The number of carbonyl (C=O) groups is 1. The fraction of sp³-hybridized carbons (Fsp3) is 0.125. The van der Waals surface area contributed by atoms with Crippen molar-refractivity contribution in [1.82, 2.24) is 10.5 Å². The van der Waals surface area contributed by atoms with Gasteiger partial charge in [-0.15, -0.1) is 0 Å². The fourth-order valence-corrected chi connectivity index (χ4v) is 2.11. The molecule has 3 aromatic rings. The molecule has 3 rings (SSSR count). The maximum Gasteiger partial charge on any atom is 0.273 e. The molecular weight excluding hydrogens is 314 g/mol. The average Bonchev–Trinajstić information content (AvgIpc) is 3.26. The van der Waals surface area contributed by atoms with Crippen LogP contribution in [0.2, 0.25) is 0 Å². The summed E-state index contributed by atoms with van der Waals surface area (Å²) >= 11 is 0. The molecule has 0 bridgehead atoms. The smallest absolute Gasteiger partial charge is 0.273 e. The first kappa shape index (κ1) is 15.5. The van der Waals surface area contributed by atoms with Crippen molar-refractivity contribution in [2.24, 2.45) is 0 Å². The first-order valence-electron chi connectivity index (χ1n) is 7.15. The number of nitro groups is 1. The van der Waals surface area contributed by atoms with Gasteiger partial charge in [-0.05, 0) is 24.1 Å². The van der Waals surface area contributed by atoms with E-state index in [2.05, 4.69) is 10.5 Å². The summed E-state index contributed by atoms with van der Waals surface area (Å²) in [7, 11) is 0. The van der Waals surface area contributed by atoms with E-state index in [-0.39, 0.29) is 17.3 Å². The monoisotopic (exact) mass is 327 g/mol. The van der Waals surface area contributed by atoms with Crippen LogP contribution in [-0.2, 0) is 6.42 Å². The number of rotatable bonds is 6. The molecule has 1 N–H and O–H groups in total. The van der Waals surface area contributed by atoms with E-state index in [1.54, 1.807) is 24.3 Å². The molecule has 1 aromatic carbocycles. The molecular formula is C16H13N3O5. The molecule has 0 saturated carbocycles. The van der Waals surface area contributed by atoms with Gasteiger partial charge in [-0.25, -0.2) is 0 Å². The third-order valence-corrected chi connectivity index (χ3v) is 3.35. The summed E-state index contributed by atoms with van der Waals surface area (Å²) in [6, 6.07) is 11.1. The lowest BCUT2D eigenvalue weighted by atomic mass is 10.1. The van der Waals surface area contributed by atoms with Gasteiger partial charge in [-0.3, -0.25) is 14.9 Å². The number of hydrogen-bond acceptors (Lipinski definition) is 6. The van der Waals surface area contributed by atoms with Gasteiger partial charge in [0.2, 0.25) is 5.76 Å². The zero-order valence-electron chi connectivity index (χ0n) is 12.5. The normalized spacial score (nSPS) is 10.5. The van der Waals surface area contributed by atoms with Crippen LogP contribution in [0, 0.1) is 10.1 Å². The van der Waals surface area contributed by atoms with Crippen LogP contribution in [0.3, 0.4) is 0 Å². The number of hydrogen-bond donors (Lipinski definition) is 1. The van der Waals surface area contributed by atoms with Gasteiger partial charge in [0.25, 0.3) is 11.6 Å². The highest BCUT2D eigenvalue weighted by Crippen LogP contribution is 2.20. The molecule has 0 atom stereocenters. The lowest BCUT2D eigenvalue weighted by molar-refractivity contribution is -0.384. The summed E-state index contributed by atoms with van der Waals surface area (Å²) < 4.78 is 10.2. The minimum atomic E-state index is -0.452. The summed E-state index contributed by atoms with van der Waals surface area (Å²) in [5, 5.41) is 17.0. The van der Waals surface area contributed by atoms with E-state index in [9.17, 15) is 14.9 Å². The SMILES string of the molecule is O=C(NCCc1ccc([N+](=O)[O-])cc1)c1cc(-c2ccco2)on1. The van der Waals surface area contributed by atoms with Crippen LogP contribution in [0.1, 0.15) is 16.1 Å². The van der Waals surface area contributed by atoms with Crippen molar-refractivity contribution in [3.63, 3.8) is 0 Å². The van der Waals surface area contributed by atoms with E-state index >= 15 is 0 Å². The maximum absolute atomic E-state index is 12.0. The molecule has 0 spiro atoms. The van der Waals surface area contributed by atoms with Crippen LogP contribution in [0.4, 0.5) is 5.69 Å². The molecule has 0 saturated heterocycles. The fourth-order valence-electron chi connectivity index (χ4n) is 2.11. The number of carbonyl (C=O) groups excluding carboxylic acids is 1. The van der Waals surface area contributed by atoms with Gasteiger partial charge in [0.15, 0.2) is 11.5 Å². The van der Waals surface area contributed by atoms with Gasteiger partial charge < -0.3 is 14.3 Å². The van der Waals surface area contributed by atoms with Crippen LogP contribution < -0.4 is 5.32 Å². The van der Waals surface area contributed by atoms with Crippen LogP contribution in [0.25, 0.3) is 11.5 Å². The molecule has 1 amide bonds. The van der Waals surface area contributed by atoms with Crippen molar-refractivity contribution < 1.29 is 18.7 Å². The van der Waals surface area contributed by atoms with E-state index in [0.717, 1.165) is 5.56 Å². The van der Waals surface area contributed by atoms with Crippen LogP contribution in [0.15, 0.2) is 57.7 Å². The van der Waals surface area contributed by atoms with Crippen LogP contribution in [0.5, 0.6) is 0 Å². The van der Waals surface area contributed by atoms with E-state index in [0.29, 0.717) is 24.5 Å². The molecule has 0 aliphatic heterocycles. The second-order valence-electron chi connectivity index (χ2n) is 4.98. The number of aromatic nitrogens is 1. The van der Waals surface area contributed by atoms with Gasteiger partial charge >= 0.3 is 0 Å². The predicted molar refractivity (Wildman–Crippen MR) is 83.3 cm³/mol. The molecule has 8 nitrogen and oxygen atoms in total. The first-order chi connectivity index (χ1) is 11.6. The number of non-ortho nitro benzene ring substituents is 1. The molecule has 0 aliphatic rings. The van der Waals surface area contributed by atoms with E-state index < -0.39 is 4.92 Å². The highest BCUT2D eigenvalue weighted by atomic mass is 16.6. The van der Waals surface area contributed by atoms with Gasteiger partial charge in [0.05, 0.1) is 11.2 Å². The zero-order chi connectivity index (χ0) is 16.9. The number of nitro benzene ring substituents is 1. The summed E-state index contributed by atoms with van der Waals surface area (Å²) in [6.45, 7) is 0.375. The first-order valence-corrected chi connectivity index (χ1v) is 7.15. The molecule has 0 unspecified atom stereocenters. The van der Waals surface area contributed by atoms with Crippen molar-refractivity contribution >= 4 is 11.6 Å². The van der Waals surface area contributed by atoms with Gasteiger partial charge in [0, 0.05) is 24.7 Å². The Labute approximate surface area is 136 Å². The van der Waals surface area contributed by atoms with Crippen molar-refractivity contribution in [3.8, 4) is 11.5 Å². The summed E-state index contributed by atoms with van der Waals surface area (Å²) in [4.78, 5) is 22.1. The molecule has 24 heavy (non-hydrogen) atoms. The Morgan fingerprint density at radius 2 is 2.00 bits per heavy atom. The highest BCUT2D eigenvalue weighted by molar-refractivity contribution is 5.92. The molecule has 2 heterocycles. The third kappa shape index (κ3) is 3.49. The Morgan fingerprint density at radius 1 is 1.21 bits per heavy atom. The van der Waals surface area contributed by atoms with Crippen molar-refractivity contribution in [2.75, 3.05) is 6.54 Å². The second kappa shape index (κ2) is 6.78. The lowest BCUT2D eigenvalue weighted by Gasteiger charge is -2.03. The maximum atomic E-state index is 12.0. The van der Waals surface area contributed by atoms with Gasteiger partial charge in [-0.1, -0.05) is 17.3 Å². The summed E-state index contributed by atoms with van der Waals surface area (Å²) in [6.07, 6.45) is 2.05. The zero-order valence-corrected chi connectivity index (χ0v) is 12.5. The Hall–Kier alpha value is -3.42. The Bertz CT molecular complexity index is 837. The molecule has 0 fully saturated rings. The van der Waals surface area contributed by atoms with Crippen LogP contribution >= 0.6 is 0 Å². The Balaban J connectivity index is 1.53. The lowest BCUT2D eigenvalue weighted by Crippen LogP contribution is -2.25. The van der Waals surface area contributed by atoms with Gasteiger partial charge in [-0.2, -0.15) is 0 Å². The largest absolute Gasteiger partial charge is 0.461 e. The highest BCUT2D eigenvalue weighted by Gasteiger charge is 2.14. The van der Waals surface area contributed by atoms with Crippen molar-refractivity contribution in [3.05, 3.63) is 70.1 Å². The van der Waals surface area contributed by atoms with Crippen molar-refractivity contribution in [1.29, 1.82) is 0 Å². The minimum Gasteiger partial charge on any atom is -0.461 e. The summed E-state index contributed by atoms with van der Waals surface area (Å²) in [5.41, 5.74) is 1.08. The average molecular weight is 327 g/mol. The third-order valence-electron chi connectivity index (χ3n) is 3.35.